The van der Waals surface area contributed by atoms with Crippen LogP contribution < -0.4 is 29.5 Å². The average Bonchev–Trinajstić information content (AvgIpc) is 3.37. The molecule has 1 amide bonds. The minimum absolute atomic E-state index is 0.0721. The molecule has 0 atom stereocenters. The van der Waals surface area contributed by atoms with Crippen molar-refractivity contribution in [2.45, 2.75) is 32.9 Å². The summed E-state index contributed by atoms with van der Waals surface area (Å²) in [6.45, 7) is 6.16. The third kappa shape index (κ3) is 4.41. The van der Waals surface area contributed by atoms with E-state index in [4.69, 9.17) is 14.2 Å². The molecule has 208 valence electrons. The molecule has 4 aromatic carbocycles. The van der Waals surface area contributed by atoms with Gasteiger partial charge < -0.3 is 19.5 Å². The summed E-state index contributed by atoms with van der Waals surface area (Å²) in [6, 6.07) is 24.3. The molecule has 4 aromatic rings. The number of hydrogen-bond acceptors (Lipinski definition) is 7. The maximum Gasteiger partial charge on any atom is 0.343 e. The minimum Gasteiger partial charge on any atom is -0.496 e. The fourth-order valence-electron chi connectivity index (χ4n) is 5.45. The number of benzene rings is 4. The standard InChI is InChI=1S/C33H31N3O5/c1-20-10-12-21(13-11-20)31(37)41-22-14-15-24(29(18-22)40-5)23-16-17-26-30-25(23)19-35(27-8-6-7-9-28(27)39-4)36(30)32(38)33(2,3)34-26/h6-18,34H,19H2,1-5H3. The number of carbonyl (C=O) groups excluding carboxylic acids is 2. The quantitative estimate of drug-likeness (QED) is 0.221. The van der Waals surface area contributed by atoms with Crippen LogP contribution in [0, 0.1) is 6.92 Å². The molecule has 0 aromatic heterocycles. The summed E-state index contributed by atoms with van der Waals surface area (Å²) in [5.41, 5.74) is 5.88. The Balaban J connectivity index is 1.42. The molecule has 2 aliphatic heterocycles. The number of hydrazine groups is 1. The van der Waals surface area contributed by atoms with Crippen LogP contribution in [0.3, 0.4) is 0 Å². The van der Waals surface area contributed by atoms with Crippen molar-refractivity contribution in [1.82, 2.24) is 0 Å². The number of esters is 1. The highest BCUT2D eigenvalue weighted by atomic mass is 16.5. The Morgan fingerprint density at radius 2 is 1.59 bits per heavy atom. The van der Waals surface area contributed by atoms with Gasteiger partial charge in [-0.15, -0.1) is 0 Å². The third-order valence-corrected chi connectivity index (χ3v) is 7.54. The fraction of sp³-hybridized carbons (Fsp3) is 0.212. The number of nitrogens with one attached hydrogen (secondary N) is 1. The van der Waals surface area contributed by atoms with Gasteiger partial charge in [0.25, 0.3) is 5.91 Å². The Kier molecular flexibility index (Phi) is 6.33. The van der Waals surface area contributed by atoms with Gasteiger partial charge >= 0.3 is 5.97 Å². The van der Waals surface area contributed by atoms with E-state index in [0.717, 1.165) is 39.3 Å². The van der Waals surface area contributed by atoms with Crippen LogP contribution in [-0.4, -0.2) is 31.6 Å². The van der Waals surface area contributed by atoms with Crippen molar-refractivity contribution in [1.29, 1.82) is 0 Å². The van der Waals surface area contributed by atoms with Crippen molar-refractivity contribution >= 4 is 28.9 Å². The first-order chi connectivity index (χ1) is 19.7. The van der Waals surface area contributed by atoms with Crippen LogP contribution in [0.25, 0.3) is 11.1 Å². The first-order valence-corrected chi connectivity index (χ1v) is 13.4. The molecule has 2 aliphatic rings. The molecule has 41 heavy (non-hydrogen) atoms. The highest BCUT2D eigenvalue weighted by Gasteiger charge is 2.47. The normalized spacial score (nSPS) is 14.8. The van der Waals surface area contributed by atoms with Crippen LogP contribution in [0.5, 0.6) is 17.2 Å². The van der Waals surface area contributed by atoms with Crippen LogP contribution in [-0.2, 0) is 11.3 Å². The molecule has 0 saturated heterocycles. The Morgan fingerprint density at radius 1 is 0.878 bits per heavy atom. The second kappa shape index (κ2) is 9.89. The van der Waals surface area contributed by atoms with Gasteiger partial charge in [0, 0.05) is 17.2 Å². The lowest BCUT2D eigenvalue weighted by Crippen LogP contribution is -2.57. The molecule has 0 saturated carbocycles. The largest absolute Gasteiger partial charge is 0.496 e. The lowest BCUT2D eigenvalue weighted by molar-refractivity contribution is -0.122. The Hall–Kier alpha value is -4.98. The van der Waals surface area contributed by atoms with Crippen LogP contribution in [0.15, 0.2) is 78.9 Å². The van der Waals surface area contributed by atoms with E-state index in [1.165, 1.54) is 0 Å². The van der Waals surface area contributed by atoms with E-state index in [2.05, 4.69) is 5.32 Å². The molecule has 8 heteroatoms. The highest BCUT2D eigenvalue weighted by molar-refractivity contribution is 6.12. The number of nitrogens with zero attached hydrogens (tertiary/aromatic N) is 2. The van der Waals surface area contributed by atoms with Gasteiger partial charge in [0.1, 0.15) is 28.5 Å². The number of hydrogen-bond donors (Lipinski definition) is 1. The predicted molar refractivity (Wildman–Crippen MR) is 159 cm³/mol. The number of aryl methyl sites for hydroxylation is 1. The smallest absolute Gasteiger partial charge is 0.343 e. The highest BCUT2D eigenvalue weighted by Crippen LogP contribution is 2.51. The summed E-state index contributed by atoms with van der Waals surface area (Å²) < 4.78 is 17.1. The first-order valence-electron chi connectivity index (χ1n) is 13.4. The van der Waals surface area contributed by atoms with E-state index in [1.807, 2.05) is 80.4 Å². The van der Waals surface area contributed by atoms with Crippen LogP contribution in [0.2, 0.25) is 0 Å². The molecule has 0 radical (unpaired) electrons. The molecule has 8 nitrogen and oxygen atoms in total. The van der Waals surface area contributed by atoms with Gasteiger partial charge in [-0.3, -0.25) is 9.80 Å². The van der Waals surface area contributed by atoms with E-state index in [-0.39, 0.29) is 5.91 Å². The van der Waals surface area contributed by atoms with Gasteiger partial charge in [0.2, 0.25) is 0 Å². The van der Waals surface area contributed by atoms with Crippen LogP contribution >= 0.6 is 0 Å². The zero-order chi connectivity index (χ0) is 28.9. The van der Waals surface area contributed by atoms with Crippen molar-refractivity contribution in [3.05, 3.63) is 95.6 Å². The van der Waals surface area contributed by atoms with Crippen molar-refractivity contribution in [2.24, 2.45) is 0 Å². The average molecular weight is 550 g/mol. The maximum absolute atomic E-state index is 13.8. The third-order valence-electron chi connectivity index (χ3n) is 7.54. The molecule has 0 spiro atoms. The van der Waals surface area contributed by atoms with Crippen LogP contribution in [0.1, 0.15) is 35.3 Å². The summed E-state index contributed by atoms with van der Waals surface area (Å²) in [6.07, 6.45) is 0. The summed E-state index contributed by atoms with van der Waals surface area (Å²) in [4.78, 5) is 26.5. The number of anilines is 3. The van der Waals surface area contributed by atoms with Crippen molar-refractivity contribution in [2.75, 3.05) is 29.6 Å². The van der Waals surface area contributed by atoms with Crippen LogP contribution in [0.4, 0.5) is 17.1 Å². The van der Waals surface area contributed by atoms with Gasteiger partial charge in [-0.25, -0.2) is 9.80 Å². The summed E-state index contributed by atoms with van der Waals surface area (Å²) in [5.74, 6) is 1.08. The van der Waals surface area contributed by atoms with Crippen molar-refractivity contribution in [3.63, 3.8) is 0 Å². The lowest BCUT2D eigenvalue weighted by atomic mass is 9.93. The number of amides is 1. The van der Waals surface area contributed by atoms with Crippen molar-refractivity contribution in [3.8, 4) is 28.4 Å². The molecule has 1 N–H and O–H groups in total. The van der Waals surface area contributed by atoms with Gasteiger partial charge in [0.05, 0.1) is 37.7 Å². The zero-order valence-corrected chi connectivity index (χ0v) is 23.6. The monoisotopic (exact) mass is 549 g/mol. The molecule has 0 aliphatic carbocycles. The number of ether oxygens (including phenoxy) is 3. The van der Waals surface area contributed by atoms with Gasteiger partial charge in [-0.05, 0) is 68.8 Å². The van der Waals surface area contributed by atoms with Gasteiger partial charge in [0.15, 0.2) is 0 Å². The Labute approximate surface area is 239 Å². The Bertz CT molecular complexity index is 1680. The molecule has 0 bridgehead atoms. The maximum atomic E-state index is 13.8. The Morgan fingerprint density at radius 3 is 2.32 bits per heavy atom. The van der Waals surface area contributed by atoms with E-state index >= 15 is 0 Å². The lowest BCUT2D eigenvalue weighted by Gasteiger charge is -2.41. The molecular weight excluding hydrogens is 518 g/mol. The molecular formula is C33H31N3O5. The van der Waals surface area contributed by atoms with E-state index in [1.54, 1.807) is 43.5 Å². The molecule has 0 unspecified atom stereocenters. The fourth-order valence-corrected chi connectivity index (χ4v) is 5.45. The second-order valence-corrected chi connectivity index (χ2v) is 10.7. The summed E-state index contributed by atoms with van der Waals surface area (Å²) in [7, 11) is 3.21. The van der Waals surface area contributed by atoms with E-state index in [0.29, 0.717) is 29.4 Å². The zero-order valence-electron chi connectivity index (χ0n) is 23.6. The predicted octanol–water partition coefficient (Wildman–Crippen LogP) is 6.37. The number of methoxy groups -OCH3 is 2. The minimum atomic E-state index is -0.808. The molecule has 2 heterocycles. The summed E-state index contributed by atoms with van der Waals surface area (Å²) in [5, 5.41) is 7.14. The second-order valence-electron chi connectivity index (χ2n) is 10.7. The molecule has 0 fully saturated rings. The summed E-state index contributed by atoms with van der Waals surface area (Å²) >= 11 is 0. The SMILES string of the molecule is COc1cc(OC(=O)c2ccc(C)cc2)ccc1-c1ccc2c3c1CN(c1ccccc1OC)N3C(=O)C(C)(C)N2. The number of rotatable bonds is 6. The van der Waals surface area contributed by atoms with E-state index < -0.39 is 11.5 Å². The molecule has 6 rings (SSSR count). The van der Waals surface area contributed by atoms with Gasteiger partial charge in [-0.2, -0.15) is 0 Å². The topological polar surface area (TPSA) is 80.3 Å². The number of carbonyl (C=O) groups is 2. The first kappa shape index (κ1) is 26.3. The van der Waals surface area contributed by atoms with E-state index in [9.17, 15) is 9.59 Å². The van der Waals surface area contributed by atoms with Gasteiger partial charge in [-0.1, -0.05) is 35.9 Å². The van der Waals surface area contributed by atoms with Crippen molar-refractivity contribution < 1.29 is 23.8 Å². The number of para-hydroxylation sites is 2.